The van der Waals surface area contributed by atoms with Gasteiger partial charge in [0.2, 0.25) is 5.91 Å². The van der Waals surface area contributed by atoms with Gasteiger partial charge >= 0.3 is 18.2 Å². The Hall–Kier alpha value is -2.78. The topological polar surface area (TPSA) is 79.0 Å². The van der Waals surface area contributed by atoms with E-state index in [0.29, 0.717) is 5.69 Å². The maximum Gasteiger partial charge on any atom is 0.416 e. The zero-order valence-electron chi connectivity index (χ0n) is 17.4. The number of carbonyl (C=O) groups is 3. The molecule has 0 aliphatic carbocycles. The Kier molecular flexibility index (Phi) is 6.99. The summed E-state index contributed by atoms with van der Waals surface area (Å²) in [5.74, 6) is -1.12. The van der Waals surface area contributed by atoms with Crippen LogP contribution in [0.2, 0.25) is 0 Å². The first-order valence-electron chi connectivity index (χ1n) is 9.56. The molecule has 1 aromatic carbocycles. The fraction of sp³-hybridized carbons (Fsp3) is 0.550. The van der Waals surface area contributed by atoms with Crippen molar-refractivity contribution in [2.24, 2.45) is 0 Å². The van der Waals surface area contributed by atoms with Gasteiger partial charge in [0.25, 0.3) is 0 Å². The van der Waals surface area contributed by atoms with Crippen LogP contribution in [-0.2, 0) is 20.5 Å². The van der Waals surface area contributed by atoms with Gasteiger partial charge in [0.15, 0.2) is 0 Å². The number of hydrogen-bond acceptors (Lipinski definition) is 4. The second kappa shape index (κ2) is 8.93. The first-order valence-corrected chi connectivity index (χ1v) is 9.56. The summed E-state index contributed by atoms with van der Waals surface area (Å²) in [6.45, 7) is 6.84. The molecule has 2 rings (SSSR count). The Morgan fingerprint density at radius 1 is 1.20 bits per heavy atom. The summed E-state index contributed by atoms with van der Waals surface area (Å²) in [7, 11) is 0. The standard InChI is InChI=1S/C20H26F3N3O4/c1-5-30-16(27)12-26(18(29)24-19(2,3)4)15-10-11-25(17(15)28)14-8-6-13(7-9-14)20(21,22)23/h6-9,15H,5,10-12H2,1-4H3,(H,24,29). The van der Waals surface area contributed by atoms with Crippen molar-refractivity contribution in [3.8, 4) is 0 Å². The highest BCUT2D eigenvalue weighted by atomic mass is 19.4. The number of amides is 3. The van der Waals surface area contributed by atoms with Crippen LogP contribution in [-0.4, -0.2) is 54.1 Å². The highest BCUT2D eigenvalue weighted by Crippen LogP contribution is 2.32. The Bertz CT molecular complexity index is 788. The summed E-state index contributed by atoms with van der Waals surface area (Å²) < 4.78 is 43.2. The molecule has 0 spiro atoms. The Balaban J connectivity index is 2.22. The molecule has 1 saturated heterocycles. The molecule has 1 aromatic rings. The Morgan fingerprint density at radius 2 is 1.80 bits per heavy atom. The zero-order chi connectivity index (χ0) is 22.7. The third-order valence-electron chi connectivity index (χ3n) is 4.41. The van der Waals surface area contributed by atoms with Crippen molar-refractivity contribution < 1.29 is 32.3 Å². The van der Waals surface area contributed by atoms with Crippen LogP contribution in [0.15, 0.2) is 24.3 Å². The van der Waals surface area contributed by atoms with Gasteiger partial charge in [-0.15, -0.1) is 0 Å². The SMILES string of the molecule is CCOC(=O)CN(C(=O)NC(C)(C)C)C1CCN(c2ccc(C(F)(F)F)cc2)C1=O. The molecule has 1 N–H and O–H groups in total. The molecule has 30 heavy (non-hydrogen) atoms. The minimum atomic E-state index is -4.47. The van der Waals surface area contributed by atoms with Gasteiger partial charge < -0.3 is 19.9 Å². The van der Waals surface area contributed by atoms with Gasteiger partial charge in [0.05, 0.1) is 12.2 Å². The Morgan fingerprint density at radius 3 is 2.30 bits per heavy atom. The van der Waals surface area contributed by atoms with Gasteiger partial charge in [-0.25, -0.2) is 4.79 Å². The van der Waals surface area contributed by atoms with E-state index in [1.54, 1.807) is 27.7 Å². The molecule has 1 atom stereocenters. The van der Waals surface area contributed by atoms with Crippen LogP contribution in [0, 0.1) is 0 Å². The number of carbonyl (C=O) groups excluding carboxylic acids is 3. The van der Waals surface area contributed by atoms with Crippen molar-refractivity contribution in [1.82, 2.24) is 10.2 Å². The summed E-state index contributed by atoms with van der Waals surface area (Å²) in [5.41, 5.74) is -1.12. The van der Waals surface area contributed by atoms with E-state index >= 15 is 0 Å². The van der Waals surface area contributed by atoms with Crippen molar-refractivity contribution >= 4 is 23.6 Å². The number of halogens is 3. The minimum absolute atomic E-state index is 0.129. The van der Waals surface area contributed by atoms with Crippen molar-refractivity contribution in [3.63, 3.8) is 0 Å². The van der Waals surface area contributed by atoms with Crippen LogP contribution in [0.4, 0.5) is 23.7 Å². The largest absolute Gasteiger partial charge is 0.465 e. The average molecular weight is 429 g/mol. The van der Waals surface area contributed by atoms with Crippen LogP contribution >= 0.6 is 0 Å². The van der Waals surface area contributed by atoms with Crippen molar-refractivity contribution in [1.29, 1.82) is 0 Å². The molecule has 0 aromatic heterocycles. The number of nitrogens with one attached hydrogen (secondary N) is 1. The average Bonchev–Trinajstić information content (AvgIpc) is 2.99. The highest BCUT2D eigenvalue weighted by Gasteiger charge is 2.41. The fourth-order valence-corrected chi connectivity index (χ4v) is 3.10. The minimum Gasteiger partial charge on any atom is -0.465 e. The molecule has 1 aliphatic rings. The number of alkyl halides is 3. The van der Waals surface area contributed by atoms with E-state index in [-0.39, 0.29) is 19.6 Å². The number of ether oxygens (including phenoxy) is 1. The molecule has 1 heterocycles. The van der Waals surface area contributed by atoms with Gasteiger partial charge in [-0.1, -0.05) is 0 Å². The van der Waals surface area contributed by atoms with E-state index in [1.165, 1.54) is 17.0 Å². The lowest BCUT2D eigenvalue weighted by molar-refractivity contribution is -0.144. The number of rotatable bonds is 5. The number of benzene rings is 1. The van der Waals surface area contributed by atoms with Gasteiger partial charge in [-0.05, 0) is 58.4 Å². The van der Waals surface area contributed by atoms with Gasteiger partial charge in [-0.3, -0.25) is 9.59 Å². The van der Waals surface area contributed by atoms with Crippen LogP contribution in [0.25, 0.3) is 0 Å². The molecule has 1 unspecified atom stereocenters. The molecule has 0 saturated carbocycles. The first-order chi connectivity index (χ1) is 13.8. The fourth-order valence-electron chi connectivity index (χ4n) is 3.10. The summed E-state index contributed by atoms with van der Waals surface area (Å²) in [5, 5.41) is 2.73. The predicted octanol–water partition coefficient (Wildman–Crippen LogP) is 3.18. The summed E-state index contributed by atoms with van der Waals surface area (Å²) >= 11 is 0. The van der Waals surface area contributed by atoms with Crippen LogP contribution in [0.3, 0.4) is 0 Å². The number of urea groups is 1. The van der Waals surface area contributed by atoms with Crippen molar-refractivity contribution in [3.05, 3.63) is 29.8 Å². The predicted molar refractivity (Wildman–Crippen MR) is 104 cm³/mol. The highest BCUT2D eigenvalue weighted by molar-refractivity contribution is 6.01. The van der Waals surface area contributed by atoms with E-state index in [4.69, 9.17) is 4.74 Å². The molecule has 3 amide bonds. The zero-order valence-corrected chi connectivity index (χ0v) is 17.4. The quantitative estimate of drug-likeness (QED) is 0.730. The normalized spacial score (nSPS) is 17.1. The van der Waals surface area contributed by atoms with Crippen molar-refractivity contribution in [2.45, 2.75) is 51.9 Å². The molecule has 1 aliphatic heterocycles. The van der Waals surface area contributed by atoms with Crippen LogP contribution in [0.5, 0.6) is 0 Å². The third kappa shape index (κ3) is 5.87. The molecule has 7 nitrogen and oxygen atoms in total. The molecule has 166 valence electrons. The number of hydrogen-bond donors (Lipinski definition) is 1. The summed E-state index contributed by atoms with van der Waals surface area (Å²) in [6.07, 6.45) is -4.24. The van der Waals surface area contributed by atoms with Gasteiger partial charge in [0.1, 0.15) is 12.6 Å². The van der Waals surface area contributed by atoms with E-state index in [9.17, 15) is 27.6 Å². The smallest absolute Gasteiger partial charge is 0.416 e. The lowest BCUT2D eigenvalue weighted by Crippen LogP contribution is -2.55. The molecule has 0 bridgehead atoms. The van der Waals surface area contributed by atoms with E-state index in [2.05, 4.69) is 5.32 Å². The maximum atomic E-state index is 13.0. The molecular formula is C20H26F3N3O4. The monoisotopic (exact) mass is 429 g/mol. The van der Waals surface area contributed by atoms with Gasteiger partial charge in [-0.2, -0.15) is 13.2 Å². The number of anilines is 1. The van der Waals surface area contributed by atoms with Crippen LogP contribution < -0.4 is 10.2 Å². The maximum absolute atomic E-state index is 13.0. The second-order valence-electron chi connectivity index (χ2n) is 7.95. The second-order valence-corrected chi connectivity index (χ2v) is 7.95. The number of esters is 1. The third-order valence-corrected chi connectivity index (χ3v) is 4.41. The number of nitrogens with zero attached hydrogens (tertiary/aromatic N) is 2. The van der Waals surface area contributed by atoms with E-state index < -0.39 is 47.8 Å². The Labute approximate surface area is 173 Å². The van der Waals surface area contributed by atoms with Crippen LogP contribution in [0.1, 0.15) is 39.7 Å². The summed E-state index contributed by atoms with van der Waals surface area (Å²) in [6, 6.07) is 2.71. The van der Waals surface area contributed by atoms with E-state index in [1.807, 2.05) is 0 Å². The molecule has 1 fully saturated rings. The van der Waals surface area contributed by atoms with E-state index in [0.717, 1.165) is 17.0 Å². The summed E-state index contributed by atoms with van der Waals surface area (Å²) in [4.78, 5) is 40.1. The van der Waals surface area contributed by atoms with Gasteiger partial charge in [0, 0.05) is 17.8 Å². The molecular weight excluding hydrogens is 403 g/mol. The lowest BCUT2D eigenvalue weighted by Gasteiger charge is -2.31. The first kappa shape index (κ1) is 23.5. The molecule has 0 radical (unpaired) electrons. The molecule has 10 heteroatoms. The lowest BCUT2D eigenvalue weighted by atomic mass is 10.1. The van der Waals surface area contributed by atoms with Crippen molar-refractivity contribution in [2.75, 3.05) is 24.6 Å².